The Labute approximate surface area is 491 Å². The van der Waals surface area contributed by atoms with Crippen LogP contribution in [0.5, 0.6) is 0 Å². The molecule has 0 aliphatic carbocycles. The minimum absolute atomic E-state index is 0.0138. The fraction of sp³-hybridized carbons (Fsp3) is 0.629. The topological polar surface area (TPSA) is 108 Å². The molecule has 0 aliphatic rings. The summed E-state index contributed by atoms with van der Waals surface area (Å²) in [5.41, 5.74) is 0. The summed E-state index contributed by atoms with van der Waals surface area (Å²) < 4.78 is 34.5. The second-order valence-corrected chi connectivity index (χ2v) is 23.1. The number of nitrogens with zero attached hydrogens (tertiary/aromatic N) is 1. The maximum absolute atomic E-state index is 12.8. The molecule has 0 heterocycles. The van der Waals surface area contributed by atoms with Crippen LogP contribution in [0.4, 0.5) is 0 Å². The molecule has 0 saturated carbocycles. The van der Waals surface area contributed by atoms with E-state index >= 15 is 0 Å². The van der Waals surface area contributed by atoms with E-state index in [1.807, 2.05) is 27.2 Å². The van der Waals surface area contributed by atoms with Crippen molar-refractivity contribution >= 4 is 19.8 Å². The molecule has 0 radical (unpaired) electrons. The van der Waals surface area contributed by atoms with Gasteiger partial charge in [0.2, 0.25) is 0 Å². The van der Waals surface area contributed by atoms with Crippen LogP contribution in [0.1, 0.15) is 232 Å². The number of hydrogen-bond donors (Lipinski definition) is 1. The monoisotopic (exact) mass is 1130 g/mol. The molecule has 9 nitrogen and oxygen atoms in total. The van der Waals surface area contributed by atoms with Gasteiger partial charge in [0.15, 0.2) is 6.10 Å². The van der Waals surface area contributed by atoms with Gasteiger partial charge in [-0.1, -0.05) is 256 Å². The van der Waals surface area contributed by atoms with Crippen LogP contribution in [0.2, 0.25) is 0 Å². The average molecular weight is 1130 g/mol. The van der Waals surface area contributed by atoms with Gasteiger partial charge in [-0.15, -0.1) is 0 Å². The average Bonchev–Trinajstić information content (AvgIpc) is 3.42. The van der Waals surface area contributed by atoms with Crippen molar-refractivity contribution in [2.45, 2.75) is 238 Å². The Morgan fingerprint density at radius 3 is 1.04 bits per heavy atom. The molecule has 10 heteroatoms. The lowest BCUT2D eigenvalue weighted by molar-refractivity contribution is -0.870. The quantitative estimate of drug-likeness (QED) is 0.0211. The molecule has 0 aliphatic heterocycles. The van der Waals surface area contributed by atoms with Gasteiger partial charge in [-0.25, -0.2) is 4.57 Å². The number of allylic oxidation sites excluding steroid dienone is 24. The zero-order valence-electron chi connectivity index (χ0n) is 51.5. The molecule has 0 aromatic heterocycles. The van der Waals surface area contributed by atoms with Crippen molar-refractivity contribution in [2.24, 2.45) is 0 Å². The first-order valence-electron chi connectivity index (χ1n) is 31.6. The smallest absolute Gasteiger partial charge is 0.462 e. The maximum Gasteiger partial charge on any atom is 0.472 e. The zero-order valence-corrected chi connectivity index (χ0v) is 52.4. The van der Waals surface area contributed by atoms with Crippen molar-refractivity contribution in [3.05, 3.63) is 146 Å². The minimum Gasteiger partial charge on any atom is -0.462 e. The van der Waals surface area contributed by atoms with Crippen LogP contribution in [0.25, 0.3) is 0 Å². The highest BCUT2D eigenvalue weighted by Crippen LogP contribution is 2.43. The number of phosphoric acid groups is 1. The molecule has 2 atom stereocenters. The summed E-state index contributed by atoms with van der Waals surface area (Å²) in [5.74, 6) is -0.873. The van der Waals surface area contributed by atoms with Crippen LogP contribution in [-0.2, 0) is 32.7 Å². The van der Waals surface area contributed by atoms with Crippen molar-refractivity contribution < 1.29 is 42.1 Å². The molecule has 0 fully saturated rings. The van der Waals surface area contributed by atoms with E-state index < -0.39 is 26.5 Å². The number of ether oxygens (including phenoxy) is 2. The van der Waals surface area contributed by atoms with E-state index in [1.54, 1.807) is 0 Å². The summed E-state index contributed by atoms with van der Waals surface area (Å²) in [6, 6.07) is 0. The lowest BCUT2D eigenvalue weighted by atomic mass is 10.0. The third-order valence-electron chi connectivity index (χ3n) is 12.9. The van der Waals surface area contributed by atoms with Crippen LogP contribution in [0, 0.1) is 0 Å². The van der Waals surface area contributed by atoms with E-state index in [0.717, 1.165) is 96.3 Å². The highest BCUT2D eigenvalue weighted by atomic mass is 31.2. The van der Waals surface area contributed by atoms with E-state index in [9.17, 15) is 19.0 Å². The van der Waals surface area contributed by atoms with Crippen LogP contribution < -0.4 is 0 Å². The molecule has 454 valence electrons. The van der Waals surface area contributed by atoms with Gasteiger partial charge in [0, 0.05) is 12.8 Å². The Hall–Kier alpha value is -4.11. The standard InChI is InChI=1S/C70H116NO8P/c1-6-8-10-12-14-16-18-20-22-24-26-28-30-31-32-33-34-35-36-37-38-39-41-42-44-46-48-50-52-54-56-58-60-62-69(72)76-66-68(67-78-80(74,75)77-65-64-71(3,4)5)79-70(73)63-61-59-57-55-53-51-49-47-45-43-40-29-27-25-23-21-19-17-15-13-11-9-7-2/h8-11,14-17,20-23,26-29,31-32,43,45,49,51,55,57,68H,6-7,12-13,18-19,24-25,30,33-42,44,46-48,50,52-54,56,58-67H2,1-5H3/p+1/b10-8-,11-9-,16-14-,17-15-,22-20-,23-21-,28-26-,29-27-,32-31-,45-43-,51-49-,57-55-. The summed E-state index contributed by atoms with van der Waals surface area (Å²) >= 11 is 0. The van der Waals surface area contributed by atoms with Gasteiger partial charge in [-0.2, -0.15) is 0 Å². The molecule has 0 amide bonds. The van der Waals surface area contributed by atoms with Gasteiger partial charge >= 0.3 is 19.8 Å². The molecule has 0 spiro atoms. The Bertz CT molecular complexity index is 1860. The number of carbonyl (C=O) groups excluding carboxylic acids is 2. The summed E-state index contributed by atoms with van der Waals surface area (Å²) in [4.78, 5) is 35.7. The van der Waals surface area contributed by atoms with Crippen molar-refractivity contribution in [2.75, 3.05) is 47.5 Å². The fourth-order valence-corrected chi connectivity index (χ4v) is 8.83. The number of hydrogen-bond acceptors (Lipinski definition) is 7. The van der Waals surface area contributed by atoms with Crippen molar-refractivity contribution in [3.63, 3.8) is 0 Å². The highest BCUT2D eigenvalue weighted by Gasteiger charge is 2.27. The highest BCUT2D eigenvalue weighted by molar-refractivity contribution is 7.47. The van der Waals surface area contributed by atoms with E-state index in [-0.39, 0.29) is 32.0 Å². The lowest BCUT2D eigenvalue weighted by Crippen LogP contribution is -2.37. The number of unbranched alkanes of at least 4 members (excludes halogenated alkanes) is 18. The molecule has 0 bridgehead atoms. The number of phosphoric ester groups is 1. The second-order valence-electron chi connectivity index (χ2n) is 21.7. The van der Waals surface area contributed by atoms with Gasteiger partial charge in [0.05, 0.1) is 27.7 Å². The largest absolute Gasteiger partial charge is 0.472 e. The van der Waals surface area contributed by atoms with Crippen molar-refractivity contribution in [3.8, 4) is 0 Å². The van der Waals surface area contributed by atoms with Crippen LogP contribution in [-0.4, -0.2) is 74.9 Å². The molecule has 0 saturated heterocycles. The molecule has 0 aromatic rings. The number of likely N-dealkylation sites (N-methyl/N-ethyl adjacent to an activating group) is 1. The number of quaternary nitrogens is 1. The van der Waals surface area contributed by atoms with Gasteiger partial charge in [0.25, 0.3) is 0 Å². The Balaban J connectivity index is 4.17. The van der Waals surface area contributed by atoms with Crippen molar-refractivity contribution in [1.29, 1.82) is 0 Å². The minimum atomic E-state index is -4.41. The van der Waals surface area contributed by atoms with Gasteiger partial charge < -0.3 is 18.9 Å². The number of carbonyl (C=O) groups is 2. The first kappa shape index (κ1) is 75.9. The van der Waals surface area contributed by atoms with Gasteiger partial charge in [-0.3, -0.25) is 18.6 Å². The Kier molecular flexibility index (Phi) is 56.5. The van der Waals surface area contributed by atoms with E-state index in [1.165, 1.54) is 96.3 Å². The molecular weight excluding hydrogens is 1010 g/mol. The second kappa shape index (κ2) is 59.5. The summed E-state index contributed by atoms with van der Waals surface area (Å²) in [7, 11) is 1.42. The zero-order chi connectivity index (χ0) is 58.4. The lowest BCUT2D eigenvalue weighted by Gasteiger charge is -2.24. The third kappa shape index (κ3) is 63.1. The van der Waals surface area contributed by atoms with E-state index in [0.29, 0.717) is 23.9 Å². The predicted octanol–water partition coefficient (Wildman–Crippen LogP) is 20.3. The van der Waals surface area contributed by atoms with Gasteiger partial charge in [0.1, 0.15) is 19.8 Å². The maximum atomic E-state index is 12.8. The van der Waals surface area contributed by atoms with Crippen LogP contribution in [0.3, 0.4) is 0 Å². The summed E-state index contributed by atoms with van der Waals surface area (Å²) in [5, 5.41) is 0. The SMILES string of the molecule is CC/C=C\C/C=C\C/C=C\C/C=C\C/C=C\C/C=C\C/C=C\CCCC(=O)OC(COC(=O)CCCCCCCCCCCCCCCCCCC/C=C\C/C=C\C/C=C\C/C=C\C/C=C\CC)COP(=O)(O)OCC[N+](C)(C)C. The van der Waals surface area contributed by atoms with Crippen LogP contribution >= 0.6 is 7.82 Å². The number of esters is 2. The van der Waals surface area contributed by atoms with E-state index in [2.05, 4.69) is 154 Å². The first-order valence-corrected chi connectivity index (χ1v) is 33.1. The molecule has 0 rings (SSSR count). The van der Waals surface area contributed by atoms with E-state index in [4.69, 9.17) is 18.5 Å². The Morgan fingerprint density at radius 2 is 0.688 bits per heavy atom. The Morgan fingerprint density at radius 1 is 0.388 bits per heavy atom. The molecule has 2 unspecified atom stereocenters. The predicted molar refractivity (Wildman–Crippen MR) is 343 cm³/mol. The third-order valence-corrected chi connectivity index (χ3v) is 13.8. The van der Waals surface area contributed by atoms with Crippen LogP contribution in [0.15, 0.2) is 146 Å². The van der Waals surface area contributed by atoms with Gasteiger partial charge in [-0.05, 0) is 109 Å². The normalized spacial score (nSPS) is 14.2. The molecular formula is C70H117NO8P+. The number of rotatable bonds is 56. The molecule has 80 heavy (non-hydrogen) atoms. The summed E-state index contributed by atoms with van der Waals surface area (Å²) in [6.45, 7) is 4.13. The summed E-state index contributed by atoms with van der Waals surface area (Å²) in [6.07, 6.45) is 88.0. The molecule has 0 aromatic carbocycles. The molecule has 1 N–H and O–H groups in total. The fourth-order valence-electron chi connectivity index (χ4n) is 8.09. The first-order chi connectivity index (χ1) is 39.0. The van der Waals surface area contributed by atoms with Crippen molar-refractivity contribution in [1.82, 2.24) is 0 Å².